The summed E-state index contributed by atoms with van der Waals surface area (Å²) in [7, 11) is -6.15. The molecule has 81 heavy (non-hydrogen) atoms. The predicted molar refractivity (Wildman–Crippen MR) is 310 cm³/mol. The van der Waals surface area contributed by atoms with Crippen molar-refractivity contribution in [3.05, 3.63) is 203 Å². The molecule has 22 heteroatoms. The highest BCUT2D eigenvalue weighted by Crippen LogP contribution is 2.35. The monoisotopic (exact) mass is 1180 g/mol. The molecule has 4 heterocycles. The van der Waals surface area contributed by atoms with Crippen molar-refractivity contribution in [2.45, 2.75) is 39.0 Å². The lowest BCUT2D eigenvalue weighted by atomic mass is 10.1. The first-order valence-corrected chi connectivity index (χ1v) is 30.1. The van der Waals surface area contributed by atoms with Crippen LogP contribution in [0, 0.1) is 11.6 Å². The molecule has 418 valence electrons. The number of anilines is 4. The lowest BCUT2D eigenvalue weighted by molar-refractivity contribution is -0.0977. The lowest BCUT2D eigenvalue weighted by Gasteiger charge is -2.12. The minimum absolute atomic E-state index is 0.0264. The van der Waals surface area contributed by atoms with Crippen LogP contribution in [0.4, 0.5) is 31.8 Å². The van der Waals surface area contributed by atoms with Crippen LogP contribution in [-0.4, -0.2) is 77.6 Å². The maximum atomic E-state index is 13.4. The van der Waals surface area contributed by atoms with E-state index in [1.807, 2.05) is 54.6 Å². The summed E-state index contributed by atoms with van der Waals surface area (Å²) in [5, 5.41) is 19.8. The van der Waals surface area contributed by atoms with E-state index in [2.05, 4.69) is 30.6 Å². The Balaban J connectivity index is 0.000000196. The number of furan rings is 2. The summed E-state index contributed by atoms with van der Waals surface area (Å²) < 4.78 is 95.7. The first kappa shape index (κ1) is 57.7. The topological polar surface area (TPSA) is 212 Å². The van der Waals surface area contributed by atoms with Crippen LogP contribution in [0.3, 0.4) is 0 Å². The van der Waals surface area contributed by atoms with E-state index in [0.29, 0.717) is 91.3 Å². The van der Waals surface area contributed by atoms with Gasteiger partial charge in [0.15, 0.2) is 0 Å². The van der Waals surface area contributed by atoms with E-state index in [-0.39, 0.29) is 49.4 Å². The summed E-state index contributed by atoms with van der Waals surface area (Å²) in [6.07, 6.45) is 7.32. The quantitative estimate of drug-likeness (QED) is 0.0425. The van der Waals surface area contributed by atoms with Crippen molar-refractivity contribution in [1.82, 2.24) is 25.0 Å². The number of ether oxygens (including phenoxy) is 2. The van der Waals surface area contributed by atoms with Crippen LogP contribution < -0.4 is 20.1 Å². The number of nitrogens with one attached hydrogen (secondary N) is 2. The van der Waals surface area contributed by atoms with E-state index < -0.39 is 19.7 Å². The summed E-state index contributed by atoms with van der Waals surface area (Å²) in [5.74, 6) is 4.02. The number of fused-ring (bicyclic) bond motifs is 2. The predicted octanol–water partition coefficient (Wildman–Crippen LogP) is 13.6. The number of hydroxylamine groups is 2. The lowest BCUT2D eigenvalue weighted by Crippen LogP contribution is -2.25. The van der Waals surface area contributed by atoms with E-state index in [4.69, 9.17) is 41.5 Å². The Morgan fingerprint density at radius 3 is 1.54 bits per heavy atom. The van der Waals surface area contributed by atoms with Crippen LogP contribution in [-0.2, 0) is 45.9 Å². The normalized spacial score (nSPS) is 11.7. The maximum absolute atomic E-state index is 13.4. The summed E-state index contributed by atoms with van der Waals surface area (Å²) in [6.45, 7) is 0.386. The Morgan fingerprint density at radius 2 is 1.06 bits per heavy atom. The first-order chi connectivity index (χ1) is 38.9. The van der Waals surface area contributed by atoms with Crippen LogP contribution in [0.1, 0.15) is 35.5 Å². The zero-order valence-corrected chi connectivity index (χ0v) is 46.8. The van der Waals surface area contributed by atoms with Gasteiger partial charge in [-0.05, 0) is 145 Å². The van der Waals surface area contributed by atoms with Gasteiger partial charge < -0.3 is 34.1 Å². The maximum Gasteiger partial charge on any atom is 0.148 e. The molecule has 0 aliphatic carbocycles. The molecule has 0 fully saturated rings. The Labute approximate surface area is 476 Å². The van der Waals surface area contributed by atoms with Gasteiger partial charge in [0.1, 0.15) is 103 Å². The number of rotatable bonds is 22. The molecule has 10 aromatic rings. The molecule has 0 amide bonds. The molecule has 10 rings (SSSR count). The average Bonchev–Trinajstić information content (AvgIpc) is 4.32. The van der Waals surface area contributed by atoms with Crippen molar-refractivity contribution >= 4 is 87.7 Å². The molecule has 3 N–H and O–H groups in total. The second kappa shape index (κ2) is 26.1. The Hall–Kier alpha value is -7.98. The SMILES string of the molecule is CS(=O)(=O)CCCCc1ccc(-c2ccc3ncnc(Nc4ccc(OCc5cccc(F)c5)c(Cl)c4)c3c2)o1.CS(=O)(=O)CCN(O)Cc1ccc(-c2ccc3ncnc(Nc4ccc(OCc5cccc(F)c5)c(Cl)c4)c3c2)o1. The summed E-state index contributed by atoms with van der Waals surface area (Å²) in [4.78, 5) is 17.6. The Morgan fingerprint density at radius 1 is 0.568 bits per heavy atom. The number of sulfone groups is 2. The molecule has 6 aromatic carbocycles. The van der Waals surface area contributed by atoms with Crippen LogP contribution in [0.2, 0.25) is 10.0 Å². The number of benzene rings is 6. The van der Waals surface area contributed by atoms with Gasteiger partial charge in [0.25, 0.3) is 0 Å². The van der Waals surface area contributed by atoms with Crippen molar-refractivity contribution in [3.63, 3.8) is 0 Å². The van der Waals surface area contributed by atoms with Crippen molar-refractivity contribution in [3.8, 4) is 34.1 Å². The van der Waals surface area contributed by atoms with E-state index in [1.165, 1.54) is 43.2 Å². The van der Waals surface area contributed by atoms with Gasteiger partial charge in [0.05, 0.1) is 33.4 Å². The number of hydrogen-bond donors (Lipinski definition) is 3. The third-order valence-electron chi connectivity index (χ3n) is 12.4. The fraction of sp³-hybridized carbons (Fsp3) is 0.186. The molecule has 0 aliphatic heterocycles. The zero-order valence-electron chi connectivity index (χ0n) is 43.7. The molecule has 0 bridgehead atoms. The molecule has 16 nitrogen and oxygen atoms in total. The van der Waals surface area contributed by atoms with E-state index in [9.17, 15) is 30.8 Å². The van der Waals surface area contributed by atoms with Crippen LogP contribution in [0.5, 0.6) is 11.5 Å². The molecule has 4 aromatic heterocycles. The number of halogens is 4. The fourth-order valence-corrected chi connectivity index (χ4v) is 10.1. The third-order valence-corrected chi connectivity index (χ3v) is 14.9. The van der Waals surface area contributed by atoms with Crippen molar-refractivity contribution in [1.29, 1.82) is 0 Å². The van der Waals surface area contributed by atoms with E-state index in [0.717, 1.165) is 50.9 Å². The van der Waals surface area contributed by atoms with Crippen LogP contribution in [0.15, 0.2) is 167 Å². The summed E-state index contributed by atoms with van der Waals surface area (Å²) in [6, 6.07) is 41.7. The number of aromatic nitrogens is 4. The largest absolute Gasteiger partial charge is 0.487 e. The van der Waals surface area contributed by atoms with Gasteiger partial charge in [-0.3, -0.25) is 0 Å². The minimum atomic E-state index is -3.19. The van der Waals surface area contributed by atoms with Crippen molar-refractivity contribution < 1.29 is 49.1 Å². The van der Waals surface area contributed by atoms with Crippen LogP contribution >= 0.6 is 23.2 Å². The molecule has 0 atom stereocenters. The minimum Gasteiger partial charge on any atom is -0.487 e. The molecule has 0 unspecified atom stereocenters. The molecule has 0 aliphatic rings. The number of unbranched alkanes of at least 4 members (excludes halogenated alkanes) is 1. The summed E-state index contributed by atoms with van der Waals surface area (Å²) in [5.41, 5.74) is 5.89. The highest BCUT2D eigenvalue weighted by atomic mass is 35.5. The molecule has 0 spiro atoms. The van der Waals surface area contributed by atoms with Crippen molar-refractivity contribution in [2.24, 2.45) is 0 Å². The average molecular weight is 1180 g/mol. The van der Waals surface area contributed by atoms with Gasteiger partial charge in [-0.25, -0.2) is 45.6 Å². The number of nitrogens with zero attached hydrogens (tertiary/aromatic N) is 5. The highest BCUT2D eigenvalue weighted by molar-refractivity contribution is 7.90. The van der Waals surface area contributed by atoms with Gasteiger partial charge in [-0.15, -0.1) is 0 Å². The second-order valence-electron chi connectivity index (χ2n) is 18.9. The standard InChI is InChI=1S/C30H27ClFN3O4S.C29H26ClFN4O5S/c1-40(36,37)14-3-2-7-24-10-13-28(39-24)21-8-11-27-25(16-21)30(34-19-33-27)35-23-9-12-29(26(31)17-23)38-18-20-5-4-6-22(32)15-20;1-41(37,38)12-11-35(36)16-23-7-10-27(40-23)20-5-8-26-24(14-20)29(33-18-32-26)34-22-6-9-28(25(30)15-22)39-17-19-3-2-4-21(31)13-19/h4-6,8-13,15-17,19H,2-3,7,14,18H2,1H3,(H,33,34,35);2-10,13-15,18,36H,11-12,16-17H2,1H3,(H,32,33,34). The van der Waals surface area contributed by atoms with Gasteiger partial charge >= 0.3 is 0 Å². The van der Waals surface area contributed by atoms with Gasteiger partial charge in [-0.2, -0.15) is 5.06 Å². The van der Waals surface area contributed by atoms with Crippen molar-refractivity contribution in [2.75, 3.05) is 41.2 Å². The Bertz CT molecular complexity index is 4080. The van der Waals surface area contributed by atoms with Gasteiger partial charge in [-0.1, -0.05) is 47.5 Å². The smallest absolute Gasteiger partial charge is 0.148 e. The molecule has 0 saturated carbocycles. The number of hydrogen-bond acceptors (Lipinski definition) is 16. The van der Waals surface area contributed by atoms with Crippen LogP contribution in [0.25, 0.3) is 44.5 Å². The molecule has 0 radical (unpaired) electrons. The first-order valence-electron chi connectivity index (χ1n) is 25.2. The molecular weight excluding hydrogens is 1120 g/mol. The van der Waals surface area contributed by atoms with E-state index >= 15 is 0 Å². The fourth-order valence-electron chi connectivity index (χ4n) is 8.34. The Kier molecular flexibility index (Phi) is 18.6. The molecular formula is C59H53Cl2F2N7O9S2. The zero-order chi connectivity index (χ0) is 57.1. The molecule has 0 saturated heterocycles. The van der Waals surface area contributed by atoms with Gasteiger partial charge in [0.2, 0.25) is 0 Å². The van der Waals surface area contributed by atoms with Gasteiger partial charge in [0, 0.05) is 64.5 Å². The number of aryl methyl sites for hydroxylation is 1. The third kappa shape index (κ3) is 16.6. The second-order valence-corrected chi connectivity index (χ2v) is 24.3. The highest BCUT2D eigenvalue weighted by Gasteiger charge is 2.16. The van der Waals surface area contributed by atoms with E-state index in [1.54, 1.807) is 66.7 Å². The summed E-state index contributed by atoms with van der Waals surface area (Å²) >= 11 is 12.9.